The maximum atomic E-state index is 14.1. The lowest BCUT2D eigenvalue weighted by atomic mass is 10.0. The molecule has 10 heteroatoms. The maximum Gasteiger partial charge on any atom is 0.407 e. The van der Waals surface area contributed by atoms with Crippen LogP contribution in [-0.2, 0) is 34.0 Å². The van der Waals surface area contributed by atoms with Gasteiger partial charge in [-0.3, -0.25) is 9.59 Å². The van der Waals surface area contributed by atoms with Crippen LogP contribution in [0.2, 0.25) is 5.02 Å². The third kappa shape index (κ3) is 11.2. The minimum Gasteiger partial charge on any atom is -0.455 e. The van der Waals surface area contributed by atoms with Crippen LogP contribution in [0.25, 0.3) is 11.1 Å². The van der Waals surface area contributed by atoms with Gasteiger partial charge < -0.3 is 25.0 Å². The van der Waals surface area contributed by atoms with Crippen molar-refractivity contribution in [3.05, 3.63) is 149 Å². The Morgan fingerprint density at radius 1 is 0.731 bits per heavy atom. The van der Waals surface area contributed by atoms with Gasteiger partial charge in [0, 0.05) is 42.6 Å². The van der Waals surface area contributed by atoms with E-state index in [-0.39, 0.29) is 44.3 Å². The molecule has 5 aromatic rings. The van der Waals surface area contributed by atoms with Gasteiger partial charge >= 0.3 is 6.09 Å². The first-order chi connectivity index (χ1) is 24.9. The van der Waals surface area contributed by atoms with Crippen molar-refractivity contribution in [1.82, 2.24) is 10.6 Å². The highest BCUT2D eigenvalue weighted by Gasteiger charge is 2.23. The number of rotatable bonds is 13. The molecular weight excluding hydrogens is 681 g/mol. The molecule has 5 aromatic carbocycles. The van der Waals surface area contributed by atoms with Gasteiger partial charge in [0.05, 0.1) is 12.2 Å². The number of anilines is 1. The molecule has 0 unspecified atom stereocenters. The second-order valence-electron chi connectivity index (χ2n) is 13.1. The molecule has 0 aromatic heterocycles. The molecule has 0 spiro atoms. The third-order valence-electron chi connectivity index (χ3n) is 7.88. The lowest BCUT2D eigenvalue weighted by molar-refractivity contribution is -0.125. The van der Waals surface area contributed by atoms with Gasteiger partial charge in [0.2, 0.25) is 11.8 Å². The Bertz CT molecular complexity index is 2000. The van der Waals surface area contributed by atoms with E-state index < -0.39 is 17.5 Å². The summed E-state index contributed by atoms with van der Waals surface area (Å²) >= 11 is 6.45. The predicted octanol–water partition coefficient (Wildman–Crippen LogP) is 9.59. The average Bonchev–Trinajstić information content (AvgIpc) is 3.12. The second-order valence-corrected chi connectivity index (χ2v) is 13.6. The van der Waals surface area contributed by atoms with Crippen molar-refractivity contribution < 1.29 is 28.2 Å². The molecule has 0 aliphatic rings. The Labute approximate surface area is 308 Å². The van der Waals surface area contributed by atoms with Gasteiger partial charge in [0.25, 0.3) is 0 Å². The minimum absolute atomic E-state index is 0.0126. The van der Waals surface area contributed by atoms with Crippen LogP contribution >= 0.6 is 11.6 Å². The molecule has 0 saturated carbocycles. The summed E-state index contributed by atoms with van der Waals surface area (Å²) in [4.78, 5) is 40.6. The van der Waals surface area contributed by atoms with Gasteiger partial charge in [-0.25, -0.2) is 9.18 Å². The number of alkyl carbamates (subject to hydrolysis) is 1. The molecule has 0 saturated heterocycles. The number of hydrogen-bond acceptors (Lipinski definition) is 5. The number of nitrogens with one attached hydrogen (secondary N) is 2. The summed E-state index contributed by atoms with van der Waals surface area (Å²) in [6, 6.07) is 36.3. The summed E-state index contributed by atoms with van der Waals surface area (Å²) in [6.07, 6.45) is -0.755. The van der Waals surface area contributed by atoms with Crippen LogP contribution in [0.15, 0.2) is 121 Å². The number of benzene rings is 5. The lowest BCUT2D eigenvalue weighted by Gasteiger charge is -2.26. The Morgan fingerprint density at radius 2 is 1.44 bits per heavy atom. The van der Waals surface area contributed by atoms with Crippen molar-refractivity contribution in [2.24, 2.45) is 0 Å². The van der Waals surface area contributed by atoms with Gasteiger partial charge in [-0.15, -0.1) is 0 Å². The Hall–Kier alpha value is -5.67. The molecule has 0 aliphatic heterocycles. The summed E-state index contributed by atoms with van der Waals surface area (Å²) in [5, 5.41) is 5.85. The zero-order valence-corrected chi connectivity index (χ0v) is 30.1. The van der Waals surface area contributed by atoms with E-state index in [1.807, 2.05) is 60.7 Å². The van der Waals surface area contributed by atoms with E-state index in [0.717, 1.165) is 22.3 Å². The molecule has 3 amide bonds. The molecule has 5 rings (SSSR count). The molecule has 0 atom stereocenters. The van der Waals surface area contributed by atoms with Gasteiger partial charge in [0.1, 0.15) is 17.2 Å². The Balaban J connectivity index is 1.36. The zero-order valence-electron chi connectivity index (χ0n) is 29.3. The summed E-state index contributed by atoms with van der Waals surface area (Å²) in [6.45, 7) is 5.78. The van der Waals surface area contributed by atoms with E-state index in [2.05, 4.69) is 10.6 Å². The van der Waals surface area contributed by atoms with E-state index >= 15 is 0 Å². The minimum atomic E-state index is -0.628. The smallest absolute Gasteiger partial charge is 0.407 e. The number of nitrogens with zero attached hydrogens (tertiary/aromatic N) is 1. The lowest BCUT2D eigenvalue weighted by Crippen LogP contribution is -2.32. The molecule has 268 valence electrons. The molecule has 0 aliphatic carbocycles. The largest absolute Gasteiger partial charge is 0.455 e. The molecule has 8 nitrogen and oxygen atoms in total. The average molecular weight is 722 g/mol. The van der Waals surface area contributed by atoms with Crippen molar-refractivity contribution in [3.8, 4) is 22.6 Å². The van der Waals surface area contributed by atoms with E-state index in [0.29, 0.717) is 27.8 Å². The van der Waals surface area contributed by atoms with E-state index in [1.165, 1.54) is 6.07 Å². The predicted molar refractivity (Wildman–Crippen MR) is 202 cm³/mol. The van der Waals surface area contributed by atoms with E-state index in [1.54, 1.807) is 80.3 Å². The van der Waals surface area contributed by atoms with Crippen LogP contribution in [-0.4, -0.2) is 23.5 Å². The highest BCUT2D eigenvalue weighted by atomic mass is 35.5. The molecule has 0 heterocycles. The Kier molecular flexibility index (Phi) is 12.7. The van der Waals surface area contributed by atoms with Gasteiger partial charge in [-0.1, -0.05) is 96.5 Å². The third-order valence-corrected chi connectivity index (χ3v) is 8.11. The normalized spacial score (nSPS) is 11.0. The van der Waals surface area contributed by atoms with Crippen LogP contribution in [0.3, 0.4) is 0 Å². The van der Waals surface area contributed by atoms with Crippen molar-refractivity contribution in [2.75, 3.05) is 4.90 Å². The SMILES string of the molecule is CC(C)(C)OC(=O)NCc1cccc(Oc2cc(Cl)ccc2N(Cc2ccc(-c3ccccc3)cc2)C(=O)CCC(=O)NCc2ccccc2F)c1. The van der Waals surface area contributed by atoms with Gasteiger partial charge in [-0.05, 0) is 73.4 Å². The fourth-order valence-corrected chi connectivity index (χ4v) is 5.49. The summed E-state index contributed by atoms with van der Waals surface area (Å²) in [5.41, 5.74) is 3.90. The van der Waals surface area contributed by atoms with Gasteiger partial charge in [-0.2, -0.15) is 0 Å². The molecule has 52 heavy (non-hydrogen) atoms. The molecule has 0 bridgehead atoms. The van der Waals surface area contributed by atoms with Crippen LogP contribution in [0.1, 0.15) is 50.3 Å². The number of carbonyl (C=O) groups excluding carboxylic acids is 3. The summed E-state index contributed by atoms with van der Waals surface area (Å²) < 4.78 is 25.8. The fraction of sp³-hybridized carbons (Fsp3) is 0.214. The van der Waals surface area contributed by atoms with Crippen molar-refractivity contribution in [1.29, 1.82) is 0 Å². The Morgan fingerprint density at radius 3 is 2.17 bits per heavy atom. The van der Waals surface area contributed by atoms with Crippen LogP contribution in [0, 0.1) is 5.82 Å². The highest BCUT2D eigenvalue weighted by Crippen LogP contribution is 2.37. The van der Waals surface area contributed by atoms with Crippen LogP contribution in [0.4, 0.5) is 14.9 Å². The maximum absolute atomic E-state index is 14.1. The monoisotopic (exact) mass is 721 g/mol. The zero-order chi connectivity index (χ0) is 37.1. The molecule has 0 fully saturated rings. The first kappa shape index (κ1) is 37.6. The van der Waals surface area contributed by atoms with E-state index in [4.69, 9.17) is 21.1 Å². The highest BCUT2D eigenvalue weighted by molar-refractivity contribution is 6.30. The summed E-state index contributed by atoms with van der Waals surface area (Å²) in [5.74, 6) is -0.339. The standard InChI is InChI=1S/C42H41ClFN3O5/c1-42(2,3)52-41(50)46-26-30-10-9-14-35(24-30)51-38-25-34(43)20-21-37(38)47(28-29-16-18-32(19-17-29)31-11-5-4-6-12-31)40(49)23-22-39(48)45-27-33-13-7-8-15-36(33)44/h4-21,24-25H,22-23,26-28H2,1-3H3,(H,45,48)(H,46,50). The van der Waals surface area contributed by atoms with Crippen LogP contribution < -0.4 is 20.3 Å². The van der Waals surface area contributed by atoms with E-state index in [9.17, 15) is 18.8 Å². The fourth-order valence-electron chi connectivity index (χ4n) is 5.33. The number of ether oxygens (including phenoxy) is 2. The van der Waals surface area contributed by atoms with Crippen molar-refractivity contribution >= 4 is 35.2 Å². The van der Waals surface area contributed by atoms with Crippen molar-refractivity contribution in [3.63, 3.8) is 0 Å². The van der Waals surface area contributed by atoms with Gasteiger partial charge in [0.15, 0.2) is 5.75 Å². The summed E-state index contributed by atoms with van der Waals surface area (Å²) in [7, 11) is 0. The molecular formula is C42H41ClFN3O5. The molecule has 0 radical (unpaired) electrons. The number of hydrogen-bond donors (Lipinski definition) is 2. The number of carbonyl (C=O) groups is 3. The first-order valence-electron chi connectivity index (χ1n) is 16.9. The number of halogens is 2. The van der Waals surface area contributed by atoms with Crippen LogP contribution in [0.5, 0.6) is 11.5 Å². The first-order valence-corrected chi connectivity index (χ1v) is 17.3. The van der Waals surface area contributed by atoms with Crippen molar-refractivity contribution in [2.45, 2.75) is 58.8 Å². The topological polar surface area (TPSA) is 97.0 Å². The number of amides is 3. The second kappa shape index (κ2) is 17.5. The quantitative estimate of drug-likeness (QED) is 0.126. The molecule has 2 N–H and O–H groups in total.